The molecule has 2 nitrogen and oxygen atoms in total. The number of nitrogen functional groups attached to an aromatic ring is 1. The lowest BCUT2D eigenvalue weighted by atomic mass is 9.77. The third kappa shape index (κ3) is 2.25. The summed E-state index contributed by atoms with van der Waals surface area (Å²) in [6.45, 7) is 2.34. The van der Waals surface area contributed by atoms with Crippen LogP contribution in [0.25, 0.3) is 0 Å². The zero-order chi connectivity index (χ0) is 12.6. The van der Waals surface area contributed by atoms with Crippen molar-refractivity contribution in [2.75, 3.05) is 23.7 Å². The van der Waals surface area contributed by atoms with E-state index in [4.69, 9.17) is 5.73 Å². The Bertz CT molecular complexity index is 428. The molecule has 2 fully saturated rings. The van der Waals surface area contributed by atoms with Gasteiger partial charge in [-0.25, -0.2) is 0 Å². The van der Waals surface area contributed by atoms with E-state index in [1.54, 1.807) is 0 Å². The molecule has 1 spiro atoms. The van der Waals surface area contributed by atoms with E-state index in [0.717, 1.165) is 10.2 Å². The van der Waals surface area contributed by atoms with Gasteiger partial charge in [0.15, 0.2) is 0 Å². The molecular weight excluding hydrogens is 288 g/mol. The highest BCUT2D eigenvalue weighted by molar-refractivity contribution is 9.10. The Morgan fingerprint density at radius 2 is 1.72 bits per heavy atom. The Labute approximate surface area is 118 Å². The summed E-state index contributed by atoms with van der Waals surface area (Å²) < 4.78 is 1.06. The van der Waals surface area contributed by atoms with Gasteiger partial charge >= 0.3 is 0 Å². The molecule has 0 radical (unpaired) electrons. The van der Waals surface area contributed by atoms with Crippen molar-refractivity contribution in [3.63, 3.8) is 0 Å². The molecule has 1 saturated heterocycles. The molecule has 1 heterocycles. The first kappa shape index (κ1) is 12.3. The second kappa shape index (κ2) is 4.76. The van der Waals surface area contributed by atoms with Gasteiger partial charge in [-0.1, -0.05) is 28.8 Å². The maximum atomic E-state index is 6.13. The van der Waals surface area contributed by atoms with Gasteiger partial charge in [-0.05, 0) is 49.3 Å². The SMILES string of the molecule is Nc1cc(Br)ccc1N1CCC2(CCCC2)CC1. The largest absolute Gasteiger partial charge is 0.397 e. The second-order valence-corrected chi connectivity index (χ2v) is 6.81. The molecule has 3 heteroatoms. The van der Waals surface area contributed by atoms with Crippen molar-refractivity contribution < 1.29 is 0 Å². The Kier molecular flexibility index (Phi) is 3.27. The van der Waals surface area contributed by atoms with Gasteiger partial charge in [-0.15, -0.1) is 0 Å². The average Bonchev–Trinajstić information content (AvgIpc) is 2.80. The molecule has 0 unspecified atom stereocenters. The number of piperidine rings is 1. The molecule has 2 aliphatic rings. The van der Waals surface area contributed by atoms with Crippen molar-refractivity contribution in [3.8, 4) is 0 Å². The summed E-state index contributed by atoms with van der Waals surface area (Å²) in [5, 5.41) is 0. The summed E-state index contributed by atoms with van der Waals surface area (Å²) in [6.07, 6.45) is 8.50. The third-order valence-electron chi connectivity index (χ3n) is 4.82. The Morgan fingerprint density at radius 3 is 2.33 bits per heavy atom. The smallest absolute Gasteiger partial charge is 0.0600 e. The Morgan fingerprint density at radius 1 is 1.06 bits per heavy atom. The van der Waals surface area contributed by atoms with Gasteiger partial charge in [-0.2, -0.15) is 0 Å². The highest BCUT2D eigenvalue weighted by atomic mass is 79.9. The monoisotopic (exact) mass is 308 g/mol. The van der Waals surface area contributed by atoms with Crippen LogP contribution in [0.4, 0.5) is 11.4 Å². The van der Waals surface area contributed by atoms with Gasteiger partial charge in [-0.3, -0.25) is 0 Å². The van der Waals surface area contributed by atoms with Crippen LogP contribution in [-0.4, -0.2) is 13.1 Å². The summed E-state index contributed by atoms with van der Waals surface area (Å²) in [5.41, 5.74) is 8.92. The standard InChI is InChI=1S/C15H21BrN2/c16-12-3-4-14(13(17)11-12)18-9-7-15(8-10-18)5-1-2-6-15/h3-4,11H,1-2,5-10,17H2. The molecular formula is C15H21BrN2. The molecule has 98 valence electrons. The van der Waals surface area contributed by atoms with E-state index in [-0.39, 0.29) is 0 Å². The van der Waals surface area contributed by atoms with Crippen molar-refractivity contribution in [1.29, 1.82) is 0 Å². The second-order valence-electron chi connectivity index (χ2n) is 5.90. The molecule has 1 saturated carbocycles. The summed E-state index contributed by atoms with van der Waals surface area (Å²) >= 11 is 3.47. The molecule has 1 aliphatic heterocycles. The fraction of sp³-hybridized carbons (Fsp3) is 0.600. The van der Waals surface area contributed by atoms with E-state index in [1.165, 1.54) is 57.3 Å². The topological polar surface area (TPSA) is 29.3 Å². The van der Waals surface area contributed by atoms with Crippen LogP contribution >= 0.6 is 15.9 Å². The first-order valence-corrected chi connectivity index (χ1v) is 7.78. The van der Waals surface area contributed by atoms with Crippen LogP contribution < -0.4 is 10.6 Å². The number of anilines is 2. The van der Waals surface area contributed by atoms with Crippen LogP contribution in [0.3, 0.4) is 0 Å². The maximum absolute atomic E-state index is 6.13. The maximum Gasteiger partial charge on any atom is 0.0600 e. The minimum absolute atomic E-state index is 0.681. The fourth-order valence-electron chi connectivity index (χ4n) is 3.66. The minimum Gasteiger partial charge on any atom is -0.397 e. The number of nitrogens with two attached hydrogens (primary N) is 1. The van der Waals surface area contributed by atoms with E-state index < -0.39 is 0 Å². The predicted molar refractivity (Wildman–Crippen MR) is 80.9 cm³/mol. The Hall–Kier alpha value is -0.700. The molecule has 3 rings (SSSR count). The van der Waals surface area contributed by atoms with E-state index in [2.05, 4.69) is 33.0 Å². The van der Waals surface area contributed by atoms with Gasteiger partial charge < -0.3 is 10.6 Å². The third-order valence-corrected chi connectivity index (χ3v) is 5.31. The molecule has 1 aromatic rings. The number of hydrogen-bond acceptors (Lipinski definition) is 2. The van der Waals surface area contributed by atoms with Gasteiger partial charge in [0.05, 0.1) is 11.4 Å². The highest BCUT2D eigenvalue weighted by Crippen LogP contribution is 2.47. The zero-order valence-corrected chi connectivity index (χ0v) is 12.4. The number of rotatable bonds is 1. The minimum atomic E-state index is 0.681. The van der Waals surface area contributed by atoms with E-state index in [9.17, 15) is 0 Å². The number of hydrogen-bond donors (Lipinski definition) is 1. The van der Waals surface area contributed by atoms with Crippen LogP contribution in [0.1, 0.15) is 38.5 Å². The fourth-order valence-corrected chi connectivity index (χ4v) is 4.04. The lowest BCUT2D eigenvalue weighted by Crippen LogP contribution is -2.39. The quantitative estimate of drug-likeness (QED) is 0.788. The van der Waals surface area contributed by atoms with Crippen LogP contribution in [0, 0.1) is 5.41 Å². The number of benzene rings is 1. The average molecular weight is 309 g/mol. The highest BCUT2D eigenvalue weighted by Gasteiger charge is 2.37. The van der Waals surface area contributed by atoms with Crippen molar-refractivity contribution in [2.24, 2.45) is 5.41 Å². The van der Waals surface area contributed by atoms with Crippen molar-refractivity contribution >= 4 is 27.3 Å². The lowest BCUT2D eigenvalue weighted by Gasteiger charge is -2.40. The van der Waals surface area contributed by atoms with Crippen LogP contribution in [0.15, 0.2) is 22.7 Å². The van der Waals surface area contributed by atoms with Gasteiger partial charge in [0.2, 0.25) is 0 Å². The summed E-state index contributed by atoms with van der Waals surface area (Å²) in [6, 6.07) is 6.24. The zero-order valence-electron chi connectivity index (χ0n) is 10.8. The number of halogens is 1. The molecule has 0 bridgehead atoms. The summed E-state index contributed by atoms with van der Waals surface area (Å²) in [5.74, 6) is 0. The van der Waals surface area contributed by atoms with Crippen LogP contribution in [0.2, 0.25) is 0 Å². The van der Waals surface area contributed by atoms with Crippen molar-refractivity contribution in [2.45, 2.75) is 38.5 Å². The van der Waals surface area contributed by atoms with Gasteiger partial charge in [0.25, 0.3) is 0 Å². The normalized spacial score (nSPS) is 22.6. The van der Waals surface area contributed by atoms with Crippen molar-refractivity contribution in [1.82, 2.24) is 0 Å². The molecule has 18 heavy (non-hydrogen) atoms. The predicted octanol–water partition coefficient (Wildman–Crippen LogP) is 4.19. The molecule has 0 aromatic heterocycles. The molecule has 1 aliphatic carbocycles. The molecule has 0 atom stereocenters. The summed E-state index contributed by atoms with van der Waals surface area (Å²) in [7, 11) is 0. The van der Waals surface area contributed by atoms with Crippen molar-refractivity contribution in [3.05, 3.63) is 22.7 Å². The van der Waals surface area contributed by atoms with E-state index in [0.29, 0.717) is 5.41 Å². The van der Waals surface area contributed by atoms with E-state index in [1.807, 2.05) is 6.07 Å². The van der Waals surface area contributed by atoms with Crippen LogP contribution in [-0.2, 0) is 0 Å². The van der Waals surface area contributed by atoms with Gasteiger partial charge in [0, 0.05) is 17.6 Å². The van der Waals surface area contributed by atoms with Crippen LogP contribution in [0.5, 0.6) is 0 Å². The number of nitrogens with zero attached hydrogens (tertiary/aromatic N) is 1. The molecule has 1 aromatic carbocycles. The molecule has 0 amide bonds. The summed E-state index contributed by atoms with van der Waals surface area (Å²) in [4.78, 5) is 2.46. The van der Waals surface area contributed by atoms with E-state index >= 15 is 0 Å². The first-order valence-electron chi connectivity index (χ1n) is 6.99. The van der Waals surface area contributed by atoms with Gasteiger partial charge in [0.1, 0.15) is 0 Å². The first-order chi connectivity index (χ1) is 8.69. The Balaban J connectivity index is 1.72. The lowest BCUT2D eigenvalue weighted by molar-refractivity contribution is 0.226. The molecule has 2 N–H and O–H groups in total.